The van der Waals surface area contributed by atoms with Gasteiger partial charge in [0.2, 0.25) is 10.0 Å². The molecule has 0 N–H and O–H groups in total. The lowest BCUT2D eigenvalue weighted by molar-refractivity contribution is -0.120. The number of nitrogens with zero attached hydrogens (tertiary/aromatic N) is 1. The third-order valence-electron chi connectivity index (χ3n) is 3.24. The number of carbonyl (C=O) groups excluding carboxylic acids is 1. The zero-order valence-electron chi connectivity index (χ0n) is 10.9. The van der Waals surface area contributed by atoms with E-state index in [0.717, 1.165) is 0 Å². The molecule has 0 saturated carbocycles. The van der Waals surface area contributed by atoms with E-state index in [-0.39, 0.29) is 17.2 Å². The summed E-state index contributed by atoms with van der Waals surface area (Å²) in [6.07, 6.45) is 0.963. The normalized spacial score (nSPS) is 17.7. The van der Waals surface area contributed by atoms with Gasteiger partial charge >= 0.3 is 0 Å². The lowest BCUT2D eigenvalue weighted by Crippen LogP contribution is -2.40. The highest BCUT2D eigenvalue weighted by molar-refractivity contribution is 7.89. The Kier molecular flexibility index (Phi) is 3.73. The van der Waals surface area contributed by atoms with Crippen LogP contribution in [0.4, 0.5) is 4.39 Å². The number of piperidine rings is 1. The van der Waals surface area contributed by atoms with Crippen LogP contribution in [0.25, 0.3) is 0 Å². The smallest absolute Gasteiger partial charge is 0.244 e. The lowest BCUT2D eigenvalue weighted by Gasteiger charge is -2.26. The number of rotatable bonds is 2. The highest BCUT2D eigenvalue weighted by atomic mass is 32.2. The van der Waals surface area contributed by atoms with Gasteiger partial charge in [0, 0.05) is 13.0 Å². The Morgan fingerprint density at radius 3 is 2.32 bits per heavy atom. The molecule has 0 atom stereocenters. The van der Waals surface area contributed by atoms with Gasteiger partial charge < -0.3 is 0 Å². The number of halogens is 1. The van der Waals surface area contributed by atoms with E-state index in [2.05, 4.69) is 0 Å². The Morgan fingerprint density at radius 2 is 1.79 bits per heavy atom. The van der Waals surface area contributed by atoms with Crippen molar-refractivity contribution in [2.24, 2.45) is 0 Å². The zero-order valence-corrected chi connectivity index (χ0v) is 11.8. The fourth-order valence-electron chi connectivity index (χ4n) is 2.45. The third kappa shape index (κ3) is 2.69. The maximum absolute atomic E-state index is 13.2. The van der Waals surface area contributed by atoms with Crippen LogP contribution in [0.3, 0.4) is 0 Å². The molecule has 2 rings (SSSR count). The van der Waals surface area contributed by atoms with Crippen molar-refractivity contribution in [3.8, 4) is 0 Å². The highest BCUT2D eigenvalue weighted by Crippen LogP contribution is 2.26. The van der Waals surface area contributed by atoms with Crippen LogP contribution in [0.15, 0.2) is 17.0 Å². The minimum absolute atomic E-state index is 0.0766. The molecule has 0 bridgehead atoms. The van der Waals surface area contributed by atoms with Gasteiger partial charge in [0.15, 0.2) is 0 Å². The van der Waals surface area contributed by atoms with Crippen LogP contribution in [0, 0.1) is 19.7 Å². The second-order valence-electron chi connectivity index (χ2n) is 4.85. The monoisotopic (exact) mass is 285 g/mol. The van der Waals surface area contributed by atoms with Crippen LogP contribution >= 0.6 is 0 Å². The summed E-state index contributed by atoms with van der Waals surface area (Å²) < 4.78 is 39.5. The van der Waals surface area contributed by atoms with Gasteiger partial charge in [-0.05, 0) is 43.5 Å². The molecule has 0 spiro atoms. The average molecular weight is 285 g/mol. The van der Waals surface area contributed by atoms with Crippen molar-refractivity contribution >= 4 is 15.8 Å². The summed E-state index contributed by atoms with van der Waals surface area (Å²) in [5.41, 5.74) is 0.742. The van der Waals surface area contributed by atoms with Gasteiger partial charge in [-0.25, -0.2) is 12.8 Å². The number of hydrogen-bond acceptors (Lipinski definition) is 3. The summed E-state index contributed by atoms with van der Waals surface area (Å²) >= 11 is 0. The molecule has 1 aliphatic rings. The zero-order chi connectivity index (χ0) is 14.2. The standard InChI is InChI=1S/C13H16FNO3S/c1-9-6-11(14)7-10(2)13(9)19(17,18)15-5-3-4-12(16)8-15/h6-7H,3-5,8H2,1-2H3. The molecule has 1 fully saturated rings. The predicted octanol–water partition coefficient (Wildman–Crippen LogP) is 1.80. The van der Waals surface area contributed by atoms with E-state index < -0.39 is 15.8 Å². The van der Waals surface area contributed by atoms with Crippen molar-refractivity contribution in [1.29, 1.82) is 0 Å². The minimum Gasteiger partial charge on any atom is -0.298 e. The van der Waals surface area contributed by atoms with Crippen LogP contribution < -0.4 is 0 Å². The van der Waals surface area contributed by atoms with E-state index in [1.165, 1.54) is 16.4 Å². The molecule has 0 unspecified atom stereocenters. The van der Waals surface area contributed by atoms with Gasteiger partial charge in [0.05, 0.1) is 11.4 Å². The number of Topliss-reactive ketones (excluding diaryl/α,β-unsaturated/α-hetero) is 1. The van der Waals surface area contributed by atoms with Gasteiger partial charge in [0.1, 0.15) is 11.6 Å². The number of aryl methyl sites for hydroxylation is 2. The Morgan fingerprint density at radius 1 is 1.21 bits per heavy atom. The molecule has 1 aliphatic heterocycles. The molecule has 0 aliphatic carbocycles. The van der Waals surface area contributed by atoms with Crippen LogP contribution in [0.2, 0.25) is 0 Å². The van der Waals surface area contributed by atoms with Gasteiger partial charge in [-0.1, -0.05) is 0 Å². The second-order valence-corrected chi connectivity index (χ2v) is 6.72. The molecule has 1 saturated heterocycles. The Hall–Kier alpha value is -1.27. The van der Waals surface area contributed by atoms with E-state index in [1.807, 2.05) is 0 Å². The number of sulfonamides is 1. The Labute approximate surface area is 112 Å². The van der Waals surface area contributed by atoms with Crippen molar-refractivity contribution in [2.75, 3.05) is 13.1 Å². The number of benzene rings is 1. The SMILES string of the molecule is Cc1cc(F)cc(C)c1S(=O)(=O)N1CCCC(=O)C1. The van der Waals surface area contributed by atoms with Gasteiger partial charge in [-0.3, -0.25) is 4.79 Å². The van der Waals surface area contributed by atoms with Crippen LogP contribution in [0.1, 0.15) is 24.0 Å². The molecule has 1 heterocycles. The molecule has 6 heteroatoms. The molecule has 0 amide bonds. The average Bonchev–Trinajstić information content (AvgIpc) is 2.26. The van der Waals surface area contributed by atoms with Crippen LogP contribution in [-0.4, -0.2) is 31.6 Å². The molecule has 1 aromatic rings. The first-order valence-corrected chi connectivity index (χ1v) is 7.55. The van der Waals surface area contributed by atoms with Crippen LogP contribution in [-0.2, 0) is 14.8 Å². The highest BCUT2D eigenvalue weighted by Gasteiger charge is 2.31. The molecular formula is C13H16FNO3S. The van der Waals surface area contributed by atoms with E-state index in [4.69, 9.17) is 0 Å². The number of ketones is 1. The first-order valence-electron chi connectivity index (χ1n) is 6.11. The maximum atomic E-state index is 13.2. The lowest BCUT2D eigenvalue weighted by atomic mass is 10.1. The largest absolute Gasteiger partial charge is 0.298 e. The van der Waals surface area contributed by atoms with Gasteiger partial charge in [0.25, 0.3) is 0 Å². The van der Waals surface area contributed by atoms with Gasteiger partial charge in [-0.2, -0.15) is 4.31 Å². The van der Waals surface area contributed by atoms with E-state index in [0.29, 0.717) is 30.5 Å². The summed E-state index contributed by atoms with van der Waals surface area (Å²) in [6.45, 7) is 3.38. The first-order chi connectivity index (χ1) is 8.82. The third-order valence-corrected chi connectivity index (χ3v) is 5.39. The van der Waals surface area contributed by atoms with Crippen molar-refractivity contribution in [1.82, 2.24) is 4.31 Å². The molecule has 1 aromatic carbocycles. The number of carbonyl (C=O) groups is 1. The Bertz CT molecular complexity index is 602. The molecule has 0 aromatic heterocycles. The summed E-state index contributed by atoms with van der Waals surface area (Å²) in [5.74, 6) is -0.532. The molecule has 104 valence electrons. The fraction of sp³-hybridized carbons (Fsp3) is 0.462. The number of hydrogen-bond donors (Lipinski definition) is 0. The fourth-order valence-corrected chi connectivity index (χ4v) is 4.32. The van der Waals surface area contributed by atoms with Crippen molar-refractivity contribution in [2.45, 2.75) is 31.6 Å². The summed E-state index contributed by atoms with van der Waals surface area (Å²) in [4.78, 5) is 11.5. The molecule has 4 nitrogen and oxygen atoms in total. The van der Waals surface area contributed by atoms with Gasteiger partial charge in [-0.15, -0.1) is 0 Å². The molecule has 19 heavy (non-hydrogen) atoms. The molecular weight excluding hydrogens is 269 g/mol. The van der Waals surface area contributed by atoms with Crippen molar-refractivity contribution in [3.05, 3.63) is 29.1 Å². The summed E-state index contributed by atoms with van der Waals surface area (Å²) in [6, 6.07) is 2.40. The maximum Gasteiger partial charge on any atom is 0.244 e. The minimum atomic E-state index is -3.73. The molecule has 0 radical (unpaired) electrons. The quantitative estimate of drug-likeness (QED) is 0.832. The first kappa shape index (κ1) is 14.1. The topological polar surface area (TPSA) is 54.5 Å². The van der Waals surface area contributed by atoms with Crippen molar-refractivity contribution < 1.29 is 17.6 Å². The summed E-state index contributed by atoms with van der Waals surface area (Å²) in [7, 11) is -3.73. The van der Waals surface area contributed by atoms with Crippen LogP contribution in [0.5, 0.6) is 0 Å². The van der Waals surface area contributed by atoms with E-state index >= 15 is 0 Å². The summed E-state index contributed by atoms with van der Waals surface area (Å²) in [5, 5.41) is 0. The van der Waals surface area contributed by atoms with E-state index in [1.54, 1.807) is 13.8 Å². The predicted molar refractivity (Wildman–Crippen MR) is 68.9 cm³/mol. The van der Waals surface area contributed by atoms with Crippen molar-refractivity contribution in [3.63, 3.8) is 0 Å². The van der Waals surface area contributed by atoms with E-state index in [9.17, 15) is 17.6 Å². The second kappa shape index (κ2) is 5.02. The Balaban J connectivity index is 2.48.